The molecule has 1 aromatic carbocycles. The number of rotatable bonds is 5. The molecule has 0 bridgehead atoms. The molecule has 0 atom stereocenters. The topological polar surface area (TPSA) is 74.3 Å². The first-order valence-corrected chi connectivity index (χ1v) is 8.36. The van der Waals surface area contributed by atoms with Gasteiger partial charge in [-0.15, -0.1) is 0 Å². The average Bonchev–Trinajstić information content (AvgIpc) is 2.58. The number of nitrogens with one attached hydrogen (secondary N) is 2. The lowest BCUT2D eigenvalue weighted by Crippen LogP contribution is -2.29. The number of aryl methyl sites for hydroxylation is 2. The summed E-state index contributed by atoms with van der Waals surface area (Å²) in [6, 6.07) is 11.0. The van der Waals surface area contributed by atoms with Crippen LogP contribution < -0.4 is 15.5 Å². The summed E-state index contributed by atoms with van der Waals surface area (Å²) < 4.78 is 0. The molecule has 6 heteroatoms. The largest absolute Gasteiger partial charge is 0.372 e. The second-order valence-corrected chi connectivity index (χ2v) is 5.74. The number of hydrogen-bond donors (Lipinski definition) is 2. The number of carbonyl (C=O) groups is 2. The normalized spacial score (nSPS) is 10.2. The average molecular weight is 340 g/mol. The van der Waals surface area contributed by atoms with E-state index >= 15 is 0 Å². The number of pyridine rings is 1. The minimum absolute atomic E-state index is 0.355. The zero-order valence-electron chi connectivity index (χ0n) is 15.1. The Morgan fingerprint density at radius 3 is 2.28 bits per heavy atom. The Balaban J connectivity index is 2.05. The highest BCUT2D eigenvalue weighted by molar-refractivity contribution is 6.43. The number of anilines is 3. The molecule has 2 amide bonds. The Hall–Kier alpha value is -2.89. The minimum Gasteiger partial charge on any atom is -0.372 e. The third-order valence-corrected chi connectivity index (χ3v) is 3.92. The van der Waals surface area contributed by atoms with E-state index in [0.717, 1.165) is 30.0 Å². The van der Waals surface area contributed by atoms with Crippen LogP contribution in [0.5, 0.6) is 0 Å². The minimum atomic E-state index is -0.745. The van der Waals surface area contributed by atoms with Crippen LogP contribution in [0.1, 0.15) is 25.1 Å². The molecule has 1 aromatic heterocycles. The number of nitrogens with zero attached hydrogens (tertiary/aromatic N) is 2. The van der Waals surface area contributed by atoms with Crippen molar-refractivity contribution in [3.05, 3.63) is 47.7 Å². The van der Waals surface area contributed by atoms with Gasteiger partial charge in [0.2, 0.25) is 0 Å². The van der Waals surface area contributed by atoms with Crippen LogP contribution in [0, 0.1) is 13.8 Å². The van der Waals surface area contributed by atoms with Crippen molar-refractivity contribution in [1.82, 2.24) is 4.98 Å². The molecule has 1 heterocycles. The Morgan fingerprint density at radius 1 is 1.00 bits per heavy atom. The Labute approximate surface area is 148 Å². The van der Waals surface area contributed by atoms with Crippen LogP contribution in [-0.2, 0) is 9.59 Å². The fourth-order valence-corrected chi connectivity index (χ4v) is 2.54. The molecule has 2 N–H and O–H groups in total. The number of amides is 2. The van der Waals surface area contributed by atoms with Gasteiger partial charge in [0.25, 0.3) is 0 Å². The summed E-state index contributed by atoms with van der Waals surface area (Å²) in [5.41, 5.74) is 3.38. The fraction of sp³-hybridized carbons (Fsp3) is 0.316. The predicted molar refractivity (Wildman–Crippen MR) is 101 cm³/mol. The van der Waals surface area contributed by atoms with E-state index in [1.807, 2.05) is 38.1 Å². The van der Waals surface area contributed by atoms with E-state index in [0.29, 0.717) is 11.5 Å². The van der Waals surface area contributed by atoms with Crippen LogP contribution >= 0.6 is 0 Å². The van der Waals surface area contributed by atoms with E-state index in [-0.39, 0.29) is 0 Å². The van der Waals surface area contributed by atoms with Crippen LogP contribution in [0.25, 0.3) is 0 Å². The summed E-state index contributed by atoms with van der Waals surface area (Å²) in [6.07, 6.45) is 0. The molecule has 2 rings (SSSR count). The smallest absolute Gasteiger partial charge is 0.315 e. The molecular formula is C19H24N4O2. The van der Waals surface area contributed by atoms with Gasteiger partial charge in [-0.05, 0) is 63.6 Å². The fourth-order valence-electron chi connectivity index (χ4n) is 2.54. The predicted octanol–water partition coefficient (Wildman–Crippen LogP) is 3.12. The van der Waals surface area contributed by atoms with Crippen LogP contribution in [-0.4, -0.2) is 29.9 Å². The Bertz CT molecular complexity index is 770. The van der Waals surface area contributed by atoms with Crippen molar-refractivity contribution in [3.8, 4) is 0 Å². The van der Waals surface area contributed by atoms with E-state index in [1.54, 1.807) is 12.1 Å². The zero-order chi connectivity index (χ0) is 18.4. The second-order valence-electron chi connectivity index (χ2n) is 5.74. The van der Waals surface area contributed by atoms with Gasteiger partial charge in [0.05, 0.1) is 0 Å². The van der Waals surface area contributed by atoms with Gasteiger partial charge in [-0.3, -0.25) is 9.59 Å². The first-order chi connectivity index (χ1) is 11.9. The van der Waals surface area contributed by atoms with Gasteiger partial charge < -0.3 is 15.5 Å². The van der Waals surface area contributed by atoms with Gasteiger partial charge >= 0.3 is 11.8 Å². The lowest BCUT2D eigenvalue weighted by Gasteiger charge is -2.22. The van der Waals surface area contributed by atoms with Crippen molar-refractivity contribution in [2.75, 3.05) is 28.6 Å². The molecule has 132 valence electrons. The molecule has 0 unspecified atom stereocenters. The number of hydrogen-bond acceptors (Lipinski definition) is 4. The van der Waals surface area contributed by atoms with Crippen LogP contribution in [0.2, 0.25) is 0 Å². The Kier molecular flexibility index (Phi) is 6.11. The molecule has 0 spiro atoms. The summed E-state index contributed by atoms with van der Waals surface area (Å²) >= 11 is 0. The molecule has 6 nitrogen and oxygen atoms in total. The first-order valence-electron chi connectivity index (χ1n) is 8.36. The lowest BCUT2D eigenvalue weighted by atomic mass is 10.1. The summed E-state index contributed by atoms with van der Waals surface area (Å²) in [4.78, 5) is 30.5. The molecular weight excluding hydrogens is 316 g/mol. The van der Waals surface area contributed by atoms with Gasteiger partial charge in [0.1, 0.15) is 5.82 Å². The van der Waals surface area contributed by atoms with Crippen molar-refractivity contribution < 1.29 is 9.59 Å². The molecule has 25 heavy (non-hydrogen) atoms. The van der Waals surface area contributed by atoms with E-state index in [2.05, 4.69) is 34.4 Å². The van der Waals surface area contributed by atoms with Crippen LogP contribution in [0.3, 0.4) is 0 Å². The van der Waals surface area contributed by atoms with Crippen molar-refractivity contribution in [1.29, 1.82) is 0 Å². The Morgan fingerprint density at radius 2 is 1.68 bits per heavy atom. The third-order valence-electron chi connectivity index (χ3n) is 3.92. The van der Waals surface area contributed by atoms with Gasteiger partial charge in [-0.1, -0.05) is 6.07 Å². The highest BCUT2D eigenvalue weighted by Gasteiger charge is 2.16. The number of aromatic nitrogens is 1. The van der Waals surface area contributed by atoms with E-state index in [4.69, 9.17) is 0 Å². The lowest BCUT2D eigenvalue weighted by molar-refractivity contribution is -0.133. The third kappa shape index (κ3) is 4.79. The summed E-state index contributed by atoms with van der Waals surface area (Å²) in [6.45, 7) is 9.73. The molecule has 0 saturated carbocycles. The highest BCUT2D eigenvalue weighted by Crippen LogP contribution is 2.22. The van der Waals surface area contributed by atoms with Gasteiger partial charge in [0.15, 0.2) is 0 Å². The van der Waals surface area contributed by atoms with E-state index in [9.17, 15) is 9.59 Å². The quantitative estimate of drug-likeness (QED) is 0.820. The van der Waals surface area contributed by atoms with Gasteiger partial charge in [-0.2, -0.15) is 0 Å². The summed E-state index contributed by atoms with van der Waals surface area (Å²) in [5, 5.41) is 5.15. The standard InChI is InChI=1S/C19H24N4O2/c1-5-23(6-2)15-10-11-16(13(3)12-15)21-18(24)19(25)22-17-9-7-8-14(4)20-17/h7-12H,5-6H2,1-4H3,(H,21,24)(H,20,22,25). The van der Waals surface area contributed by atoms with Crippen molar-refractivity contribution in [2.24, 2.45) is 0 Å². The second kappa shape index (κ2) is 8.28. The molecule has 0 aliphatic carbocycles. The molecule has 0 aliphatic heterocycles. The summed E-state index contributed by atoms with van der Waals surface area (Å²) in [7, 11) is 0. The molecule has 0 saturated heterocycles. The van der Waals surface area contributed by atoms with Crippen LogP contribution in [0.4, 0.5) is 17.2 Å². The highest BCUT2D eigenvalue weighted by atomic mass is 16.2. The van der Waals surface area contributed by atoms with Crippen molar-refractivity contribution >= 4 is 29.0 Å². The monoisotopic (exact) mass is 340 g/mol. The maximum atomic E-state index is 12.1. The number of carbonyl (C=O) groups excluding carboxylic acids is 2. The van der Waals surface area contributed by atoms with Crippen molar-refractivity contribution in [2.45, 2.75) is 27.7 Å². The van der Waals surface area contributed by atoms with Gasteiger partial charge in [0, 0.05) is 30.2 Å². The molecule has 0 fully saturated rings. The van der Waals surface area contributed by atoms with Gasteiger partial charge in [-0.25, -0.2) is 4.98 Å². The SMILES string of the molecule is CCN(CC)c1ccc(NC(=O)C(=O)Nc2cccc(C)n2)c(C)c1. The molecule has 2 aromatic rings. The van der Waals surface area contributed by atoms with E-state index < -0.39 is 11.8 Å². The number of benzene rings is 1. The van der Waals surface area contributed by atoms with Crippen LogP contribution in [0.15, 0.2) is 36.4 Å². The zero-order valence-corrected chi connectivity index (χ0v) is 15.1. The maximum Gasteiger partial charge on any atom is 0.315 e. The first kappa shape index (κ1) is 18.4. The van der Waals surface area contributed by atoms with E-state index in [1.165, 1.54) is 0 Å². The maximum absolute atomic E-state index is 12.1. The van der Waals surface area contributed by atoms with Crippen molar-refractivity contribution in [3.63, 3.8) is 0 Å². The molecule has 0 radical (unpaired) electrons. The summed E-state index contributed by atoms with van der Waals surface area (Å²) in [5.74, 6) is -1.11. The molecule has 0 aliphatic rings.